The first-order valence-corrected chi connectivity index (χ1v) is 8.40. The lowest BCUT2D eigenvalue weighted by molar-refractivity contribution is 0.0974. The molecule has 0 aliphatic carbocycles. The molecule has 1 N–H and O–H groups in total. The van der Waals surface area contributed by atoms with Gasteiger partial charge in [-0.05, 0) is 26.0 Å². The van der Waals surface area contributed by atoms with E-state index in [0.717, 1.165) is 16.3 Å². The molecule has 0 saturated heterocycles. The molecule has 118 valence electrons. The second kappa shape index (κ2) is 6.47. The van der Waals surface area contributed by atoms with Gasteiger partial charge in [0.2, 0.25) is 0 Å². The molecule has 0 unspecified atom stereocenters. The van der Waals surface area contributed by atoms with Crippen LogP contribution in [-0.2, 0) is 0 Å². The minimum atomic E-state index is -0.288. The van der Waals surface area contributed by atoms with Gasteiger partial charge in [-0.15, -0.1) is 11.3 Å². The summed E-state index contributed by atoms with van der Waals surface area (Å²) in [6.45, 7) is 4.25. The molecule has 3 rings (SSSR count). The molecule has 1 amide bonds. The number of para-hydroxylation sites is 1. The highest BCUT2D eigenvalue weighted by Gasteiger charge is 2.18. The summed E-state index contributed by atoms with van der Waals surface area (Å²) in [6.07, 6.45) is 1.89. The molecule has 23 heavy (non-hydrogen) atoms. The first-order chi connectivity index (χ1) is 11.1. The lowest BCUT2D eigenvalue weighted by Gasteiger charge is -2.11. The standard InChI is InChI=1S/C16H15N3O2S2/c1-3-21-12-7-5-4-6-11(12)14(20)18-15(22)13-10(2)17-16-19(13)8-9-23-16/h4-9H,3H2,1-2H3,(H,18,20,22). The van der Waals surface area contributed by atoms with Crippen LogP contribution >= 0.6 is 23.6 Å². The summed E-state index contributed by atoms with van der Waals surface area (Å²) < 4.78 is 7.38. The highest BCUT2D eigenvalue weighted by molar-refractivity contribution is 7.80. The van der Waals surface area contributed by atoms with Gasteiger partial charge in [-0.2, -0.15) is 0 Å². The van der Waals surface area contributed by atoms with Crippen molar-refractivity contribution in [2.75, 3.05) is 6.61 Å². The fourth-order valence-corrected chi connectivity index (χ4v) is 3.43. The van der Waals surface area contributed by atoms with E-state index in [9.17, 15) is 4.79 Å². The average molecular weight is 345 g/mol. The highest BCUT2D eigenvalue weighted by Crippen LogP contribution is 2.20. The molecule has 1 aromatic carbocycles. The smallest absolute Gasteiger partial charge is 0.260 e. The molecule has 2 heterocycles. The maximum absolute atomic E-state index is 12.5. The van der Waals surface area contributed by atoms with Crippen molar-refractivity contribution in [2.24, 2.45) is 0 Å². The Hall–Kier alpha value is -2.25. The monoisotopic (exact) mass is 345 g/mol. The summed E-state index contributed by atoms with van der Waals surface area (Å²) in [5.74, 6) is 0.254. The van der Waals surface area contributed by atoms with Crippen LogP contribution in [0, 0.1) is 6.92 Å². The summed E-state index contributed by atoms with van der Waals surface area (Å²) in [5.41, 5.74) is 1.99. The zero-order valence-corrected chi connectivity index (χ0v) is 14.3. The van der Waals surface area contributed by atoms with Crippen molar-refractivity contribution in [2.45, 2.75) is 13.8 Å². The SMILES string of the molecule is CCOc1ccccc1C(=O)NC(=S)c1c(C)nc2sccn12. The van der Waals surface area contributed by atoms with E-state index in [1.807, 2.05) is 35.9 Å². The van der Waals surface area contributed by atoms with Crippen molar-refractivity contribution in [3.05, 3.63) is 52.8 Å². The first kappa shape index (κ1) is 15.6. The largest absolute Gasteiger partial charge is 0.493 e. The van der Waals surface area contributed by atoms with Crippen LogP contribution in [0.1, 0.15) is 28.7 Å². The van der Waals surface area contributed by atoms with Gasteiger partial charge < -0.3 is 10.1 Å². The molecule has 0 atom stereocenters. The number of amides is 1. The van der Waals surface area contributed by atoms with Crippen LogP contribution in [0.3, 0.4) is 0 Å². The van der Waals surface area contributed by atoms with Gasteiger partial charge in [0, 0.05) is 11.6 Å². The number of carbonyl (C=O) groups excluding carboxylic acids is 1. The maximum Gasteiger partial charge on any atom is 0.260 e. The number of aryl methyl sites for hydroxylation is 1. The lowest BCUT2D eigenvalue weighted by atomic mass is 10.2. The van der Waals surface area contributed by atoms with Crippen molar-refractivity contribution >= 4 is 39.4 Å². The molecule has 5 nitrogen and oxygen atoms in total. The number of imidazole rings is 1. The number of thiazole rings is 1. The molecule has 0 radical (unpaired) electrons. The molecule has 7 heteroatoms. The van der Waals surface area contributed by atoms with E-state index in [0.29, 0.717) is 22.9 Å². The minimum absolute atomic E-state index is 0.288. The minimum Gasteiger partial charge on any atom is -0.493 e. The second-order valence-corrected chi connectivity index (χ2v) is 6.10. The number of benzene rings is 1. The number of nitrogens with one attached hydrogen (secondary N) is 1. The molecule has 2 aromatic heterocycles. The number of fused-ring (bicyclic) bond motifs is 1. The fraction of sp³-hybridized carbons (Fsp3) is 0.188. The molecule has 0 spiro atoms. The Bertz CT molecular complexity index is 882. The molecular weight excluding hydrogens is 330 g/mol. The third-order valence-electron chi connectivity index (χ3n) is 3.31. The van der Waals surface area contributed by atoms with Crippen molar-refractivity contribution in [3.8, 4) is 5.75 Å². The number of aromatic nitrogens is 2. The van der Waals surface area contributed by atoms with Crippen LogP contribution in [0.5, 0.6) is 5.75 Å². The van der Waals surface area contributed by atoms with Gasteiger partial charge in [0.15, 0.2) is 4.96 Å². The van der Waals surface area contributed by atoms with Crippen molar-refractivity contribution < 1.29 is 9.53 Å². The molecule has 0 fully saturated rings. The van der Waals surface area contributed by atoms with Crippen LogP contribution in [0.2, 0.25) is 0 Å². The number of carbonyl (C=O) groups is 1. The zero-order chi connectivity index (χ0) is 16.4. The summed E-state index contributed by atoms with van der Waals surface area (Å²) >= 11 is 6.93. The maximum atomic E-state index is 12.5. The van der Waals surface area contributed by atoms with E-state index in [-0.39, 0.29) is 5.91 Å². The van der Waals surface area contributed by atoms with E-state index < -0.39 is 0 Å². The van der Waals surface area contributed by atoms with Crippen LogP contribution in [-0.4, -0.2) is 26.9 Å². The van der Waals surface area contributed by atoms with Gasteiger partial charge in [-0.3, -0.25) is 9.20 Å². The predicted octanol–water partition coefficient (Wildman–Crippen LogP) is 3.21. The third-order valence-corrected chi connectivity index (χ3v) is 4.36. The normalized spacial score (nSPS) is 10.7. The Morgan fingerprint density at radius 2 is 2.22 bits per heavy atom. The van der Waals surface area contributed by atoms with E-state index >= 15 is 0 Å². The van der Waals surface area contributed by atoms with E-state index in [4.69, 9.17) is 17.0 Å². The molecular formula is C16H15N3O2S2. The van der Waals surface area contributed by atoms with Crippen LogP contribution in [0.15, 0.2) is 35.8 Å². The van der Waals surface area contributed by atoms with Crippen molar-refractivity contribution in [1.82, 2.24) is 14.7 Å². The number of thiocarbonyl (C=S) groups is 1. The fourth-order valence-electron chi connectivity index (χ4n) is 2.33. The van der Waals surface area contributed by atoms with Crippen molar-refractivity contribution in [1.29, 1.82) is 0 Å². The van der Waals surface area contributed by atoms with Gasteiger partial charge in [-0.1, -0.05) is 24.4 Å². The molecule has 0 aliphatic rings. The molecule has 0 bridgehead atoms. The van der Waals surface area contributed by atoms with Crippen LogP contribution < -0.4 is 10.1 Å². The zero-order valence-electron chi connectivity index (χ0n) is 12.7. The Labute approximate surface area is 142 Å². The van der Waals surface area contributed by atoms with Gasteiger partial charge >= 0.3 is 0 Å². The summed E-state index contributed by atoms with van der Waals surface area (Å²) in [4.78, 5) is 18.2. The second-order valence-electron chi connectivity index (χ2n) is 4.81. The van der Waals surface area contributed by atoms with Gasteiger partial charge in [0.05, 0.1) is 17.9 Å². The van der Waals surface area contributed by atoms with Crippen LogP contribution in [0.25, 0.3) is 4.96 Å². The Morgan fingerprint density at radius 1 is 1.43 bits per heavy atom. The Kier molecular flexibility index (Phi) is 4.40. The number of ether oxygens (including phenoxy) is 1. The van der Waals surface area contributed by atoms with Crippen molar-refractivity contribution in [3.63, 3.8) is 0 Å². The number of rotatable bonds is 4. The van der Waals surface area contributed by atoms with Gasteiger partial charge in [-0.25, -0.2) is 4.98 Å². The molecule has 0 saturated carbocycles. The summed E-state index contributed by atoms with van der Waals surface area (Å²) in [5, 5.41) is 4.71. The topological polar surface area (TPSA) is 55.6 Å². The Balaban J connectivity index is 1.87. The highest BCUT2D eigenvalue weighted by atomic mass is 32.1. The number of hydrogen-bond donors (Lipinski definition) is 1. The van der Waals surface area contributed by atoms with Gasteiger partial charge in [0.25, 0.3) is 5.91 Å². The number of nitrogens with zero attached hydrogens (tertiary/aromatic N) is 2. The third kappa shape index (κ3) is 2.97. The Morgan fingerprint density at radius 3 is 3.00 bits per heavy atom. The lowest BCUT2D eigenvalue weighted by Crippen LogP contribution is -2.31. The van der Waals surface area contributed by atoms with E-state index in [1.165, 1.54) is 11.3 Å². The van der Waals surface area contributed by atoms with E-state index in [2.05, 4.69) is 10.3 Å². The molecule has 0 aliphatic heterocycles. The van der Waals surface area contributed by atoms with Crippen LogP contribution in [0.4, 0.5) is 0 Å². The van der Waals surface area contributed by atoms with Gasteiger partial charge in [0.1, 0.15) is 16.4 Å². The summed E-state index contributed by atoms with van der Waals surface area (Å²) in [6, 6.07) is 7.10. The average Bonchev–Trinajstić information content (AvgIpc) is 3.07. The van der Waals surface area contributed by atoms with E-state index in [1.54, 1.807) is 18.2 Å². The summed E-state index contributed by atoms with van der Waals surface area (Å²) in [7, 11) is 0. The first-order valence-electron chi connectivity index (χ1n) is 7.11. The molecule has 3 aromatic rings. The predicted molar refractivity (Wildman–Crippen MR) is 94.6 cm³/mol. The quantitative estimate of drug-likeness (QED) is 0.738. The number of hydrogen-bond acceptors (Lipinski definition) is 5.